The smallest absolute Gasteiger partial charge is 0.223 e. The second-order valence-corrected chi connectivity index (χ2v) is 8.48. The predicted molar refractivity (Wildman–Crippen MR) is 119 cm³/mol. The van der Waals surface area contributed by atoms with E-state index in [2.05, 4.69) is 50.7 Å². The molecule has 3 aromatic rings. The van der Waals surface area contributed by atoms with Gasteiger partial charge in [0.1, 0.15) is 5.82 Å². The molecule has 29 heavy (non-hydrogen) atoms. The molecule has 0 bridgehead atoms. The van der Waals surface area contributed by atoms with E-state index >= 15 is 0 Å². The highest BCUT2D eigenvalue weighted by Gasteiger charge is 2.21. The molecule has 0 aliphatic heterocycles. The molecule has 1 aliphatic rings. The maximum absolute atomic E-state index is 12.1. The Morgan fingerprint density at radius 2 is 2.03 bits per heavy atom. The number of rotatable bonds is 7. The molecule has 0 atom stereocenters. The van der Waals surface area contributed by atoms with Crippen LogP contribution in [0.15, 0.2) is 41.0 Å². The number of nitrogens with zero attached hydrogens (tertiary/aromatic N) is 3. The summed E-state index contributed by atoms with van der Waals surface area (Å²) in [4.78, 5) is 16.9. The van der Waals surface area contributed by atoms with Crippen LogP contribution < -0.4 is 10.6 Å². The van der Waals surface area contributed by atoms with Crippen LogP contribution in [0.2, 0.25) is 0 Å². The zero-order valence-corrected chi connectivity index (χ0v) is 18.2. The monoisotopic (exact) mass is 455 g/mol. The van der Waals surface area contributed by atoms with Crippen molar-refractivity contribution in [2.45, 2.75) is 39.0 Å². The molecule has 6 nitrogen and oxygen atoms in total. The Labute approximate surface area is 179 Å². The van der Waals surface area contributed by atoms with Crippen molar-refractivity contribution >= 4 is 33.3 Å². The summed E-state index contributed by atoms with van der Waals surface area (Å²) >= 11 is 3.55. The Hall–Kier alpha value is -2.41. The Kier molecular flexibility index (Phi) is 6.13. The first-order chi connectivity index (χ1) is 14.1. The Morgan fingerprint density at radius 3 is 2.83 bits per heavy atom. The number of benzene rings is 1. The van der Waals surface area contributed by atoms with Crippen molar-refractivity contribution < 1.29 is 4.79 Å². The van der Waals surface area contributed by atoms with E-state index in [1.54, 1.807) is 6.20 Å². The van der Waals surface area contributed by atoms with Crippen molar-refractivity contribution in [2.24, 2.45) is 5.92 Å². The van der Waals surface area contributed by atoms with E-state index in [1.807, 2.05) is 22.7 Å². The van der Waals surface area contributed by atoms with Crippen molar-refractivity contribution in [1.82, 2.24) is 19.9 Å². The van der Waals surface area contributed by atoms with Crippen LogP contribution in [0.25, 0.3) is 16.9 Å². The minimum atomic E-state index is 0.214. The molecule has 0 unspecified atom stereocenters. The molecular formula is C22H26BrN5O. The highest BCUT2D eigenvalue weighted by atomic mass is 79.9. The summed E-state index contributed by atoms with van der Waals surface area (Å²) in [6.45, 7) is 3.52. The molecule has 0 saturated heterocycles. The quantitative estimate of drug-likeness (QED) is 0.511. The largest absolute Gasteiger partial charge is 0.370 e. The molecular weight excluding hydrogens is 430 g/mol. The van der Waals surface area contributed by atoms with E-state index < -0.39 is 0 Å². The van der Waals surface area contributed by atoms with Crippen molar-refractivity contribution in [3.63, 3.8) is 0 Å². The Morgan fingerprint density at radius 1 is 1.24 bits per heavy atom. The van der Waals surface area contributed by atoms with Gasteiger partial charge in [0, 0.05) is 30.6 Å². The average Bonchev–Trinajstić information content (AvgIpc) is 3.38. The number of aryl methyl sites for hydroxylation is 1. The molecule has 2 aromatic heterocycles. The van der Waals surface area contributed by atoms with E-state index in [9.17, 15) is 4.79 Å². The van der Waals surface area contributed by atoms with Crippen LogP contribution >= 0.6 is 15.9 Å². The van der Waals surface area contributed by atoms with Gasteiger partial charge in [-0.1, -0.05) is 37.1 Å². The third-order valence-corrected chi connectivity index (χ3v) is 6.09. The van der Waals surface area contributed by atoms with E-state index in [-0.39, 0.29) is 11.8 Å². The molecule has 152 valence electrons. The number of carbonyl (C=O) groups is 1. The summed E-state index contributed by atoms with van der Waals surface area (Å²) in [6.07, 6.45) is 7.05. The van der Waals surface area contributed by atoms with Crippen molar-refractivity contribution in [2.75, 3.05) is 18.4 Å². The summed E-state index contributed by atoms with van der Waals surface area (Å²) in [5.41, 5.74) is 3.98. The van der Waals surface area contributed by atoms with Crippen LogP contribution in [0.1, 0.15) is 37.7 Å². The number of nitrogens with one attached hydrogen (secondary N) is 2. The number of aromatic nitrogens is 3. The first-order valence-electron chi connectivity index (χ1n) is 10.3. The number of hydrogen-bond donors (Lipinski definition) is 2. The molecule has 0 radical (unpaired) electrons. The fraction of sp³-hybridized carbons (Fsp3) is 0.409. The number of halogens is 1. The topological polar surface area (TPSA) is 71.3 Å². The molecule has 0 spiro atoms. The van der Waals surface area contributed by atoms with Gasteiger partial charge in [-0.3, -0.25) is 4.79 Å². The summed E-state index contributed by atoms with van der Waals surface area (Å²) in [7, 11) is 0. The van der Waals surface area contributed by atoms with Crippen LogP contribution in [-0.2, 0) is 4.79 Å². The molecule has 1 amide bonds. The van der Waals surface area contributed by atoms with Crippen LogP contribution in [0.3, 0.4) is 0 Å². The molecule has 4 rings (SSSR count). The first kappa shape index (κ1) is 19.9. The minimum Gasteiger partial charge on any atom is -0.370 e. The standard InChI is InChI=1S/C22H26BrN5O/c1-15-7-2-5-10-17(15)19-13-20(28-21(27-19)18(23)14-26-28)24-11-6-12-25-22(29)16-8-3-4-9-16/h2,5,7,10,13-14,16,24H,3-4,6,8-9,11-12H2,1H3,(H,25,29). The SMILES string of the molecule is Cc1ccccc1-c1cc(NCCCNC(=O)C2CCCC2)n2ncc(Br)c2n1. The summed E-state index contributed by atoms with van der Waals surface area (Å²) in [5.74, 6) is 1.33. The van der Waals surface area contributed by atoms with E-state index in [0.717, 1.165) is 53.0 Å². The van der Waals surface area contributed by atoms with E-state index in [1.165, 1.54) is 18.4 Å². The van der Waals surface area contributed by atoms with Crippen LogP contribution in [0, 0.1) is 12.8 Å². The third-order valence-electron chi connectivity index (χ3n) is 5.53. The highest BCUT2D eigenvalue weighted by Crippen LogP contribution is 2.28. The maximum Gasteiger partial charge on any atom is 0.223 e. The van der Waals surface area contributed by atoms with Crippen LogP contribution in [-0.4, -0.2) is 33.6 Å². The lowest BCUT2D eigenvalue weighted by Gasteiger charge is -2.13. The lowest BCUT2D eigenvalue weighted by molar-refractivity contribution is -0.124. The lowest BCUT2D eigenvalue weighted by atomic mass is 10.1. The highest BCUT2D eigenvalue weighted by molar-refractivity contribution is 9.10. The van der Waals surface area contributed by atoms with Gasteiger partial charge in [0.05, 0.1) is 16.4 Å². The number of amides is 1. The van der Waals surface area contributed by atoms with Gasteiger partial charge in [-0.2, -0.15) is 9.61 Å². The second kappa shape index (κ2) is 8.95. The summed E-state index contributed by atoms with van der Waals surface area (Å²) in [5, 5.41) is 11.0. The molecule has 1 fully saturated rings. The predicted octanol–water partition coefficient (Wildman–Crippen LogP) is 4.58. The van der Waals surface area contributed by atoms with Crippen molar-refractivity contribution in [1.29, 1.82) is 0 Å². The minimum absolute atomic E-state index is 0.214. The molecule has 2 heterocycles. The summed E-state index contributed by atoms with van der Waals surface area (Å²) < 4.78 is 2.67. The van der Waals surface area contributed by atoms with Gasteiger partial charge >= 0.3 is 0 Å². The second-order valence-electron chi connectivity index (χ2n) is 7.62. The number of anilines is 1. The van der Waals surface area contributed by atoms with Crippen molar-refractivity contribution in [3.05, 3.63) is 46.6 Å². The summed E-state index contributed by atoms with van der Waals surface area (Å²) in [6, 6.07) is 10.3. The van der Waals surface area contributed by atoms with Gasteiger partial charge in [-0.25, -0.2) is 4.98 Å². The fourth-order valence-electron chi connectivity index (χ4n) is 3.91. The third kappa shape index (κ3) is 4.45. The average molecular weight is 456 g/mol. The van der Waals surface area contributed by atoms with Crippen LogP contribution in [0.4, 0.5) is 5.82 Å². The number of carbonyl (C=O) groups excluding carboxylic acids is 1. The number of hydrogen-bond acceptors (Lipinski definition) is 4. The van der Waals surface area contributed by atoms with Crippen molar-refractivity contribution in [3.8, 4) is 11.3 Å². The lowest BCUT2D eigenvalue weighted by Crippen LogP contribution is -2.30. The normalized spacial score (nSPS) is 14.4. The van der Waals surface area contributed by atoms with Gasteiger partial charge in [0.15, 0.2) is 5.65 Å². The Bertz CT molecular complexity index is 1010. The molecule has 2 N–H and O–H groups in total. The van der Waals surface area contributed by atoms with E-state index in [0.29, 0.717) is 6.54 Å². The Balaban J connectivity index is 1.44. The fourth-order valence-corrected chi connectivity index (χ4v) is 4.26. The van der Waals surface area contributed by atoms with Gasteiger partial charge in [0.25, 0.3) is 0 Å². The van der Waals surface area contributed by atoms with E-state index in [4.69, 9.17) is 4.98 Å². The van der Waals surface area contributed by atoms with Gasteiger partial charge in [0.2, 0.25) is 5.91 Å². The molecule has 7 heteroatoms. The van der Waals surface area contributed by atoms with Gasteiger partial charge in [-0.15, -0.1) is 0 Å². The van der Waals surface area contributed by atoms with Gasteiger partial charge in [-0.05, 0) is 47.7 Å². The number of fused-ring (bicyclic) bond motifs is 1. The zero-order chi connectivity index (χ0) is 20.2. The van der Waals surface area contributed by atoms with Gasteiger partial charge < -0.3 is 10.6 Å². The molecule has 1 aliphatic carbocycles. The first-order valence-corrected chi connectivity index (χ1v) is 11.0. The van der Waals surface area contributed by atoms with Crippen LogP contribution in [0.5, 0.6) is 0 Å². The maximum atomic E-state index is 12.1. The molecule has 1 saturated carbocycles. The molecule has 1 aromatic carbocycles. The zero-order valence-electron chi connectivity index (χ0n) is 16.6.